The van der Waals surface area contributed by atoms with Crippen LogP contribution in [0.1, 0.15) is 55.8 Å². The number of aryl methyl sites for hydroxylation is 1. The Bertz CT molecular complexity index is 5120. The number of rotatable bonds is 6. The molecule has 0 fully saturated rings. The van der Waals surface area contributed by atoms with Crippen LogP contribution in [-0.2, 0) is 68.3 Å². The lowest BCUT2D eigenvalue weighted by Gasteiger charge is -2.30. The molecule has 23 nitrogen and oxygen atoms in total. The molecule has 0 unspecified atom stereocenters. The molecular formula is C83H70F5N17O6. The molecule has 558 valence electrons. The summed E-state index contributed by atoms with van der Waals surface area (Å²) >= 11 is 0. The van der Waals surface area contributed by atoms with Crippen molar-refractivity contribution in [3.8, 4) is 23.5 Å². The lowest BCUT2D eigenvalue weighted by atomic mass is 10.0. The Balaban J connectivity index is 0.000000107. The van der Waals surface area contributed by atoms with E-state index in [0.717, 1.165) is 157 Å². The minimum Gasteiger partial charge on any atom is -0.456 e. The number of benzene rings is 4. The number of aromatic nitrogens is 11. The van der Waals surface area contributed by atoms with Crippen LogP contribution < -0.4 is 48.7 Å². The highest BCUT2D eigenvalue weighted by Crippen LogP contribution is 2.37. The number of hydrogen-bond acceptors (Lipinski definition) is 23. The van der Waals surface area contributed by atoms with Gasteiger partial charge in [0, 0.05) is 142 Å². The molecule has 20 rings (SSSR count). The molecule has 0 saturated carbocycles. The maximum atomic E-state index is 13.4. The van der Waals surface area contributed by atoms with Crippen molar-refractivity contribution >= 4 is 56.2 Å². The molecule has 0 spiro atoms. The zero-order valence-corrected chi connectivity index (χ0v) is 59.8. The van der Waals surface area contributed by atoms with E-state index < -0.39 is 23.4 Å². The minimum absolute atomic E-state index is 0.278. The van der Waals surface area contributed by atoms with Crippen molar-refractivity contribution in [2.24, 2.45) is 0 Å². The summed E-state index contributed by atoms with van der Waals surface area (Å²) in [5, 5.41) is 5.16. The maximum Gasteiger partial charge on any atom is 0.416 e. The fraction of sp³-hybridized carbons (Fsp3) is 0.169. The molecular weight excluding hydrogens is 1430 g/mol. The molecule has 6 aliphatic rings. The molecule has 16 heterocycles. The molecule has 0 amide bonds. The summed E-state index contributed by atoms with van der Waals surface area (Å²) < 4.78 is 87.4. The van der Waals surface area contributed by atoms with Gasteiger partial charge in [0.2, 0.25) is 29.5 Å². The zero-order valence-electron chi connectivity index (χ0n) is 59.8. The molecule has 0 radical (unpaired) electrons. The van der Waals surface area contributed by atoms with Crippen molar-refractivity contribution in [3.05, 3.63) is 330 Å². The third kappa shape index (κ3) is 17.8. The van der Waals surface area contributed by atoms with E-state index in [1.807, 2.05) is 151 Å². The zero-order chi connectivity index (χ0) is 75.9. The second-order valence-electron chi connectivity index (χ2n) is 25.7. The SMILES string of the molecule is Cc1ccc2ccc3c(c2n1)CON(c1ccc(F)c(F)c1)C3.FC(F)(F)c1cccc(N2Cc3ccc4cccnc4c3CO2)c1.c1cnc(N2COc3ncccc3C2)nc1.c1cnc2c(c1)CN(c1ccncc1)CO2.c1cnc2c(c1)CN(c1ccncc1)CO2.c1cncc(N2COc3ncccc3C2)c1. The molecule has 28 heteroatoms. The third-order valence-corrected chi connectivity index (χ3v) is 18.4. The molecule has 0 aliphatic carbocycles. The van der Waals surface area contributed by atoms with Crippen LogP contribution in [-0.4, -0.2) is 81.7 Å². The van der Waals surface area contributed by atoms with Crippen LogP contribution in [0.25, 0.3) is 21.8 Å². The Morgan fingerprint density at radius 3 is 1.32 bits per heavy atom. The molecule has 0 bridgehead atoms. The van der Waals surface area contributed by atoms with Crippen LogP contribution in [0.5, 0.6) is 23.5 Å². The highest BCUT2D eigenvalue weighted by Gasteiger charge is 2.32. The van der Waals surface area contributed by atoms with E-state index in [2.05, 4.69) is 69.5 Å². The van der Waals surface area contributed by atoms with Crippen molar-refractivity contribution in [1.29, 1.82) is 0 Å². The summed E-state index contributed by atoms with van der Waals surface area (Å²) in [6.45, 7) is 8.65. The van der Waals surface area contributed by atoms with Gasteiger partial charge in [-0.25, -0.2) is 48.8 Å². The first-order valence-corrected chi connectivity index (χ1v) is 35.3. The van der Waals surface area contributed by atoms with Crippen LogP contribution in [0, 0.1) is 18.6 Å². The van der Waals surface area contributed by atoms with Crippen molar-refractivity contribution in [2.45, 2.75) is 65.6 Å². The fourth-order valence-corrected chi connectivity index (χ4v) is 12.7. The van der Waals surface area contributed by atoms with E-state index in [0.29, 0.717) is 69.8 Å². The number of fused-ring (bicyclic) bond motifs is 10. The van der Waals surface area contributed by atoms with E-state index in [4.69, 9.17) is 28.6 Å². The van der Waals surface area contributed by atoms with Crippen LogP contribution >= 0.6 is 0 Å². The van der Waals surface area contributed by atoms with Crippen molar-refractivity contribution in [3.63, 3.8) is 0 Å². The van der Waals surface area contributed by atoms with Gasteiger partial charge in [-0.1, -0.05) is 66.7 Å². The van der Waals surface area contributed by atoms with Crippen LogP contribution in [0.15, 0.2) is 263 Å². The van der Waals surface area contributed by atoms with Gasteiger partial charge >= 0.3 is 6.18 Å². The van der Waals surface area contributed by atoms with Crippen molar-refractivity contribution in [2.75, 3.05) is 56.6 Å². The number of alkyl halides is 3. The van der Waals surface area contributed by atoms with Crippen LogP contribution in [0.3, 0.4) is 0 Å². The lowest BCUT2D eigenvalue weighted by Crippen LogP contribution is -2.33. The average molecular weight is 1500 g/mol. The van der Waals surface area contributed by atoms with Crippen LogP contribution in [0.2, 0.25) is 0 Å². The fourth-order valence-electron chi connectivity index (χ4n) is 12.7. The monoisotopic (exact) mass is 1500 g/mol. The summed E-state index contributed by atoms with van der Waals surface area (Å²) in [6.07, 6.45) is 18.5. The number of nitrogens with zero attached hydrogens (tertiary/aromatic N) is 17. The number of anilines is 6. The Kier molecular flexibility index (Phi) is 22.4. The summed E-state index contributed by atoms with van der Waals surface area (Å²) in [5.41, 5.74) is 14.8. The van der Waals surface area contributed by atoms with Gasteiger partial charge < -0.3 is 38.5 Å². The highest BCUT2D eigenvalue weighted by atomic mass is 19.4. The number of hydrogen-bond donors (Lipinski definition) is 0. The smallest absolute Gasteiger partial charge is 0.416 e. The van der Waals surface area contributed by atoms with Gasteiger partial charge in [-0.3, -0.25) is 34.6 Å². The predicted octanol–water partition coefficient (Wildman–Crippen LogP) is 15.7. The first-order chi connectivity index (χ1) is 54.4. The van der Waals surface area contributed by atoms with E-state index in [1.54, 1.807) is 91.6 Å². The summed E-state index contributed by atoms with van der Waals surface area (Å²) in [6, 6.07) is 54.2. The summed E-state index contributed by atoms with van der Waals surface area (Å²) in [7, 11) is 0. The molecule has 0 saturated heterocycles. The van der Waals surface area contributed by atoms with Gasteiger partial charge in [0.05, 0.1) is 79.1 Å². The molecule has 6 aliphatic heterocycles. The van der Waals surface area contributed by atoms with Gasteiger partial charge in [-0.15, -0.1) is 0 Å². The van der Waals surface area contributed by atoms with Crippen LogP contribution in [0.4, 0.5) is 56.3 Å². The maximum absolute atomic E-state index is 13.4. The number of halogens is 5. The second kappa shape index (κ2) is 34.1. The quantitative estimate of drug-likeness (QED) is 0.141. The lowest BCUT2D eigenvalue weighted by molar-refractivity contribution is -0.137. The molecule has 14 aromatic rings. The Morgan fingerprint density at radius 1 is 0.342 bits per heavy atom. The summed E-state index contributed by atoms with van der Waals surface area (Å²) in [4.78, 5) is 66.0. The molecule has 10 aromatic heterocycles. The number of pyridine rings is 9. The second-order valence-corrected chi connectivity index (χ2v) is 25.7. The Hall–Kier alpha value is -13.6. The van der Waals surface area contributed by atoms with E-state index in [1.165, 1.54) is 17.2 Å². The molecule has 0 atom stereocenters. The first-order valence-electron chi connectivity index (χ1n) is 35.3. The first kappa shape index (κ1) is 72.9. The Labute approximate surface area is 634 Å². The normalized spacial score (nSPS) is 14.3. The van der Waals surface area contributed by atoms with Crippen molar-refractivity contribution in [1.82, 2.24) is 54.8 Å². The van der Waals surface area contributed by atoms with E-state index in [-0.39, 0.29) is 6.61 Å². The van der Waals surface area contributed by atoms with Gasteiger partial charge in [-0.05, 0) is 127 Å². The standard InChI is InChI=1S/C18H13F3N2O.C18H14F2N2O.3C12H11N3O.C11H10N4O/c19-18(20,21)14-4-1-5-15(9-14)23-10-13-7-6-12-3-2-8-22-17(12)16(13)11-24-23;1-11-2-3-12-4-5-13-9-22(23-10-15(13)18(12)21-11)14-6-7-16(19)17(20)8-14;1-3-10-8-15(9-16-12(10)14-6-1)11-4-2-5-13-7-11;2*1-2-10-8-15(9-16-12(10)14-5-1)11-3-6-13-7-4-11;1-3-9-7-15(8-16-10(9)12-4-1)11-13-5-2-6-14-11/h1-9H,10-11H2;2-8H,9-10H2,1H3;3*1-7H,8-9H2;1-6H,7-8H2. The highest BCUT2D eigenvalue weighted by molar-refractivity contribution is 5.84. The molecule has 0 N–H and O–H groups in total. The molecule has 111 heavy (non-hydrogen) atoms. The van der Waals surface area contributed by atoms with Crippen molar-refractivity contribution < 1.29 is 50.6 Å². The largest absolute Gasteiger partial charge is 0.456 e. The number of ether oxygens (including phenoxy) is 4. The van der Waals surface area contributed by atoms with Gasteiger partial charge in [-0.2, -0.15) is 13.2 Å². The predicted molar refractivity (Wildman–Crippen MR) is 406 cm³/mol. The van der Waals surface area contributed by atoms with Gasteiger partial charge in [0.1, 0.15) is 13.2 Å². The third-order valence-electron chi connectivity index (χ3n) is 18.4. The topological polar surface area (TPSA) is 217 Å². The minimum atomic E-state index is -4.37. The van der Waals surface area contributed by atoms with Gasteiger partial charge in [0.15, 0.2) is 38.6 Å². The van der Waals surface area contributed by atoms with Gasteiger partial charge in [0.25, 0.3) is 0 Å². The van der Waals surface area contributed by atoms with E-state index >= 15 is 0 Å². The van der Waals surface area contributed by atoms with E-state index in [9.17, 15) is 22.0 Å². The number of hydroxylamine groups is 2. The summed E-state index contributed by atoms with van der Waals surface area (Å²) in [5.74, 6) is 1.86. The molecule has 4 aromatic carbocycles. The average Bonchev–Trinajstić information content (AvgIpc) is 0.782. The Morgan fingerprint density at radius 2 is 0.793 bits per heavy atom.